The van der Waals surface area contributed by atoms with E-state index < -0.39 is 100.0 Å². The molecule has 446 valence electrons. The van der Waals surface area contributed by atoms with E-state index in [2.05, 4.69) is 27.7 Å². The van der Waals surface area contributed by atoms with Crippen LogP contribution >= 0.6 is 0 Å². The molecule has 0 aliphatic heterocycles. The predicted octanol–water partition coefficient (Wildman–Crippen LogP) is 11.5. The summed E-state index contributed by atoms with van der Waals surface area (Å²) in [5.41, 5.74) is -0.0946. The second-order valence-electron chi connectivity index (χ2n) is 18.7. The van der Waals surface area contributed by atoms with Gasteiger partial charge in [0, 0.05) is 13.2 Å². The number of esters is 2. The van der Waals surface area contributed by atoms with Crippen LogP contribution in [0.1, 0.15) is 197 Å². The molecule has 20 nitrogen and oxygen atoms in total. The van der Waals surface area contributed by atoms with Crippen LogP contribution in [0.15, 0.2) is 24.3 Å². The fourth-order valence-corrected chi connectivity index (χ4v) is 7.80. The molecule has 1 rings (SSSR count). The van der Waals surface area contributed by atoms with Crippen LogP contribution in [0.4, 0.5) is 0 Å². The van der Waals surface area contributed by atoms with Gasteiger partial charge in [-0.3, -0.25) is 0 Å². The van der Waals surface area contributed by atoms with Crippen molar-refractivity contribution in [2.24, 2.45) is 11.8 Å². The second-order valence-corrected chi connectivity index (χ2v) is 18.7. The average Bonchev–Trinajstić information content (AvgIpc) is 3.32. The van der Waals surface area contributed by atoms with Gasteiger partial charge in [-0.25, -0.2) is 9.59 Å². The Bertz CT molecular complexity index is 1480. The van der Waals surface area contributed by atoms with Crippen LogP contribution in [0.2, 0.25) is 0 Å². The molecular weight excluding hydrogens is 993 g/mol. The SMILES string of the molecule is CCCCC(CC)COCCOC(C)OC(C)OC(C)OC(C)OC(C)OC(C)OC(C)OC(=O)c1ccccc1C(=O)OC(C)OC(C)OC(C)OC(C)OC(C)OC(C)OC(C)OCCOCC(CC)CCCC. The Kier molecular flexibility index (Phi) is 39.9. The number of ether oxygens (including phenoxy) is 18. The Hall–Kier alpha value is -2.48. The standard InChI is InChI=1S/C56H102O20/c1-19-23-27-51(21-3)35-59-31-33-61-37(5)63-39(7)65-41(9)67-43(11)69-45(13)71-47(15)73-49(17)75-55(57)53-29-25-26-30-54(53)56(58)76-50(18)74-48(16)72-46(14)70-44(12)68-42(10)66-40(8)64-38(6)62-34-32-60-36-52(22-4)28-24-20-2/h25-26,29-30,37-52H,19-24,27-28,31-36H2,1-18H3. The minimum atomic E-state index is -1.08. The van der Waals surface area contributed by atoms with E-state index in [-0.39, 0.29) is 11.1 Å². The van der Waals surface area contributed by atoms with Crippen molar-refractivity contribution in [1.29, 1.82) is 0 Å². The molecule has 16 unspecified atom stereocenters. The highest BCUT2D eigenvalue weighted by Crippen LogP contribution is 2.19. The largest absolute Gasteiger partial charge is 0.432 e. The number of benzene rings is 1. The van der Waals surface area contributed by atoms with Crippen LogP contribution < -0.4 is 0 Å². The third-order valence-electron chi connectivity index (χ3n) is 11.5. The molecule has 0 amide bonds. The zero-order valence-electron chi connectivity index (χ0n) is 49.6. The molecule has 0 aliphatic carbocycles. The van der Waals surface area contributed by atoms with Gasteiger partial charge in [0.1, 0.15) is 0 Å². The summed E-state index contributed by atoms with van der Waals surface area (Å²) in [5, 5.41) is 0. The van der Waals surface area contributed by atoms with Crippen molar-refractivity contribution in [1.82, 2.24) is 0 Å². The Labute approximate surface area is 456 Å². The molecule has 0 N–H and O–H groups in total. The van der Waals surface area contributed by atoms with E-state index >= 15 is 0 Å². The quantitative estimate of drug-likeness (QED) is 0.0338. The van der Waals surface area contributed by atoms with Crippen molar-refractivity contribution < 1.29 is 94.9 Å². The van der Waals surface area contributed by atoms with Crippen LogP contribution in [0.5, 0.6) is 0 Å². The topological polar surface area (TPSA) is 200 Å². The lowest BCUT2D eigenvalue weighted by Crippen LogP contribution is -2.33. The van der Waals surface area contributed by atoms with Gasteiger partial charge < -0.3 is 85.3 Å². The summed E-state index contributed by atoms with van der Waals surface area (Å²) in [7, 11) is 0. The summed E-state index contributed by atoms with van der Waals surface area (Å²) >= 11 is 0. The molecule has 0 fully saturated rings. The summed E-state index contributed by atoms with van der Waals surface area (Å²) < 4.78 is 104. The Morgan fingerprint density at radius 3 is 0.855 bits per heavy atom. The molecule has 20 heteroatoms. The van der Waals surface area contributed by atoms with Crippen LogP contribution in [0, 0.1) is 11.8 Å². The molecule has 76 heavy (non-hydrogen) atoms. The van der Waals surface area contributed by atoms with Crippen LogP contribution in [-0.4, -0.2) is 140 Å². The summed E-state index contributed by atoms with van der Waals surface area (Å²) in [6.45, 7) is 35.6. The first-order valence-electron chi connectivity index (χ1n) is 27.8. The molecule has 0 heterocycles. The summed E-state index contributed by atoms with van der Waals surface area (Å²) in [6.07, 6.45) is -1.26. The second kappa shape index (κ2) is 42.4. The highest BCUT2D eigenvalue weighted by molar-refractivity contribution is 6.03. The maximum absolute atomic E-state index is 13.3. The van der Waals surface area contributed by atoms with Crippen molar-refractivity contribution in [2.45, 2.75) is 264 Å². The third kappa shape index (κ3) is 35.2. The summed E-state index contributed by atoms with van der Waals surface area (Å²) in [5.74, 6) is -0.507. The maximum Gasteiger partial charge on any atom is 0.341 e. The molecule has 16 atom stereocenters. The van der Waals surface area contributed by atoms with E-state index in [0.717, 1.165) is 26.1 Å². The Balaban J connectivity index is 2.44. The van der Waals surface area contributed by atoms with Crippen molar-refractivity contribution >= 4 is 11.9 Å². The molecule has 0 saturated heterocycles. The van der Waals surface area contributed by atoms with Gasteiger partial charge in [0.2, 0.25) is 12.6 Å². The molecule has 0 aromatic heterocycles. The monoisotopic (exact) mass is 1090 g/mol. The number of unbranched alkanes of at least 4 members (excludes halogenated alkanes) is 2. The first-order chi connectivity index (χ1) is 36.1. The maximum atomic E-state index is 13.3. The van der Waals surface area contributed by atoms with Crippen LogP contribution in [0.3, 0.4) is 0 Å². The normalized spacial score (nSPS) is 18.4. The molecule has 1 aromatic carbocycles. The molecular formula is C56H102O20. The van der Waals surface area contributed by atoms with Gasteiger partial charge in [0.05, 0.1) is 37.6 Å². The smallest absolute Gasteiger partial charge is 0.341 e. The van der Waals surface area contributed by atoms with Crippen molar-refractivity contribution in [3.8, 4) is 0 Å². The molecule has 1 aromatic rings. The lowest BCUT2D eigenvalue weighted by Gasteiger charge is -2.28. The number of carbonyl (C=O) groups excluding carboxylic acids is 2. The first kappa shape index (κ1) is 71.5. The van der Waals surface area contributed by atoms with Gasteiger partial charge in [-0.1, -0.05) is 78.4 Å². The van der Waals surface area contributed by atoms with E-state index in [1.54, 1.807) is 95.2 Å². The minimum Gasteiger partial charge on any atom is -0.432 e. The first-order valence-corrected chi connectivity index (χ1v) is 27.8. The van der Waals surface area contributed by atoms with Gasteiger partial charge in [0.25, 0.3) is 0 Å². The molecule has 0 aliphatic rings. The van der Waals surface area contributed by atoms with Gasteiger partial charge in [-0.05, 0) is 134 Å². The summed E-state index contributed by atoms with van der Waals surface area (Å²) in [4.78, 5) is 26.6. The van der Waals surface area contributed by atoms with Crippen molar-refractivity contribution in [2.75, 3.05) is 39.6 Å². The van der Waals surface area contributed by atoms with Gasteiger partial charge in [0.15, 0.2) is 75.5 Å². The van der Waals surface area contributed by atoms with Gasteiger partial charge >= 0.3 is 11.9 Å². The highest BCUT2D eigenvalue weighted by Gasteiger charge is 2.26. The highest BCUT2D eigenvalue weighted by atomic mass is 16.9. The number of rotatable bonds is 48. The number of hydrogen-bond acceptors (Lipinski definition) is 20. The fraction of sp³-hybridized carbons (Fsp3) is 0.857. The van der Waals surface area contributed by atoms with E-state index in [0.29, 0.717) is 38.3 Å². The minimum absolute atomic E-state index is 0.0473. The van der Waals surface area contributed by atoms with E-state index in [9.17, 15) is 9.59 Å². The molecule has 0 radical (unpaired) electrons. The predicted molar refractivity (Wildman–Crippen MR) is 283 cm³/mol. The van der Waals surface area contributed by atoms with Crippen LogP contribution in [-0.2, 0) is 85.3 Å². The third-order valence-corrected chi connectivity index (χ3v) is 11.5. The summed E-state index contributed by atoms with van der Waals surface area (Å²) in [6, 6.07) is 6.05. The Morgan fingerprint density at radius 1 is 0.355 bits per heavy atom. The number of carbonyl (C=O) groups is 2. The van der Waals surface area contributed by atoms with Crippen LogP contribution in [0.25, 0.3) is 0 Å². The van der Waals surface area contributed by atoms with Crippen molar-refractivity contribution in [3.05, 3.63) is 35.4 Å². The Morgan fingerprint density at radius 2 is 0.605 bits per heavy atom. The molecule has 0 saturated carbocycles. The van der Waals surface area contributed by atoms with E-state index in [4.69, 9.17) is 85.3 Å². The van der Waals surface area contributed by atoms with E-state index in [1.165, 1.54) is 64.5 Å². The van der Waals surface area contributed by atoms with Gasteiger partial charge in [-0.2, -0.15) is 0 Å². The molecule has 0 spiro atoms. The zero-order valence-corrected chi connectivity index (χ0v) is 49.6. The molecule has 0 bridgehead atoms. The van der Waals surface area contributed by atoms with E-state index in [1.807, 2.05) is 0 Å². The zero-order chi connectivity index (χ0) is 57.0. The average molecular weight is 1100 g/mol. The lowest BCUT2D eigenvalue weighted by molar-refractivity contribution is -0.339. The lowest BCUT2D eigenvalue weighted by atomic mass is 10.0. The number of hydrogen-bond donors (Lipinski definition) is 0. The fourth-order valence-electron chi connectivity index (χ4n) is 7.80. The van der Waals surface area contributed by atoms with Crippen molar-refractivity contribution in [3.63, 3.8) is 0 Å². The van der Waals surface area contributed by atoms with Gasteiger partial charge in [-0.15, -0.1) is 0 Å².